The second-order valence-corrected chi connectivity index (χ2v) is 11.0. The first kappa shape index (κ1) is 27.1. The van der Waals surface area contributed by atoms with Gasteiger partial charge < -0.3 is 25.2 Å². The van der Waals surface area contributed by atoms with E-state index >= 15 is 0 Å². The Morgan fingerprint density at radius 1 is 1.28 bits per heavy atom. The van der Waals surface area contributed by atoms with Crippen molar-refractivity contribution in [1.29, 1.82) is 0 Å². The van der Waals surface area contributed by atoms with Crippen LogP contribution in [0.15, 0.2) is 47.5 Å². The van der Waals surface area contributed by atoms with Crippen molar-refractivity contribution in [2.45, 2.75) is 32.0 Å². The van der Waals surface area contributed by atoms with Gasteiger partial charge in [-0.3, -0.25) is 14.6 Å². The fourth-order valence-corrected chi connectivity index (χ4v) is 6.49. The molecule has 3 aromatic heterocycles. The third-order valence-corrected chi connectivity index (χ3v) is 8.20. The number of aliphatic hydroxyl groups is 1. The van der Waals surface area contributed by atoms with E-state index in [4.69, 9.17) is 26.2 Å². The minimum atomic E-state index is -0.250. The Balaban J connectivity index is 0.000000983. The number of carboxylic acid groups (broad SMARTS) is 1. The molecular formula is C27H28ClN5O5S. The molecule has 0 amide bonds. The summed E-state index contributed by atoms with van der Waals surface area (Å²) in [4.78, 5) is 28.7. The molecule has 0 saturated carbocycles. The van der Waals surface area contributed by atoms with Crippen molar-refractivity contribution in [2.75, 3.05) is 31.2 Å². The normalized spacial score (nSPS) is 18.3. The number of thiophene rings is 1. The number of aliphatic hydroxyl groups excluding tert-OH is 1. The Kier molecular flexibility index (Phi) is 8.12. The fourth-order valence-electron chi connectivity index (χ4n) is 5.16. The van der Waals surface area contributed by atoms with Gasteiger partial charge >= 0.3 is 0 Å². The minimum absolute atomic E-state index is 0.100. The second kappa shape index (κ2) is 11.7. The monoisotopic (exact) mass is 569 g/mol. The summed E-state index contributed by atoms with van der Waals surface area (Å²) in [6, 6.07) is 9.86. The van der Waals surface area contributed by atoms with Crippen molar-refractivity contribution in [3.63, 3.8) is 0 Å². The van der Waals surface area contributed by atoms with Gasteiger partial charge in [0.15, 0.2) is 0 Å². The average Bonchev–Trinajstić information content (AvgIpc) is 3.56. The molecular weight excluding hydrogens is 542 g/mol. The molecule has 204 valence electrons. The molecule has 2 aliphatic heterocycles. The predicted octanol–water partition coefficient (Wildman–Crippen LogP) is 3.15. The standard InChI is InChI=1S/C26H26ClN5O3S.CH2O2/c1-15-6-24(34)32(30-11-15)13-19-10-22-26(36-19)20(2-3-28-22)21-7-16(27)8-23-25(21)31(4-5-35-23)18-9-17(14-33)29-12-18;2-1-3/h2-3,6-8,10-11,17-18,29,33H,4-5,9,12-14H2,1H3;1H,(H,2,3)/t17-,18+;/m1./s1. The summed E-state index contributed by atoms with van der Waals surface area (Å²) in [6.45, 7) is 4.28. The van der Waals surface area contributed by atoms with Crippen LogP contribution in [0.1, 0.15) is 16.9 Å². The lowest BCUT2D eigenvalue weighted by Crippen LogP contribution is -2.42. The summed E-state index contributed by atoms with van der Waals surface area (Å²) >= 11 is 8.19. The number of pyridine rings is 1. The molecule has 12 heteroatoms. The lowest BCUT2D eigenvalue weighted by molar-refractivity contribution is -0.122. The van der Waals surface area contributed by atoms with E-state index in [-0.39, 0.29) is 30.7 Å². The highest BCUT2D eigenvalue weighted by atomic mass is 35.5. The maximum absolute atomic E-state index is 12.4. The number of hydrogen-bond donors (Lipinski definition) is 3. The number of aryl methyl sites for hydroxylation is 1. The first-order chi connectivity index (χ1) is 18.9. The summed E-state index contributed by atoms with van der Waals surface area (Å²) in [5, 5.41) is 24.9. The molecule has 0 radical (unpaired) electrons. The van der Waals surface area contributed by atoms with Gasteiger partial charge in [0.1, 0.15) is 12.4 Å². The second-order valence-electron chi connectivity index (χ2n) is 9.44. The molecule has 6 rings (SSSR count). The van der Waals surface area contributed by atoms with Gasteiger partial charge in [-0.15, -0.1) is 11.3 Å². The lowest BCUT2D eigenvalue weighted by atomic mass is 9.99. The molecule has 0 aliphatic carbocycles. The summed E-state index contributed by atoms with van der Waals surface area (Å²) in [6.07, 6.45) is 4.38. The quantitative estimate of drug-likeness (QED) is 0.310. The number of carbonyl (C=O) groups is 1. The number of ether oxygens (including phenoxy) is 1. The molecule has 0 bridgehead atoms. The first-order valence-corrected chi connectivity index (χ1v) is 13.7. The van der Waals surface area contributed by atoms with E-state index in [9.17, 15) is 9.90 Å². The van der Waals surface area contributed by atoms with Crippen LogP contribution >= 0.6 is 22.9 Å². The average molecular weight is 570 g/mol. The molecule has 0 unspecified atom stereocenters. The number of halogens is 1. The molecule has 2 atom stereocenters. The Hall–Kier alpha value is -3.51. The molecule has 0 spiro atoms. The number of nitrogens with one attached hydrogen (secondary N) is 1. The van der Waals surface area contributed by atoms with Crippen LogP contribution in [0.2, 0.25) is 5.02 Å². The van der Waals surface area contributed by atoms with Crippen LogP contribution in [0, 0.1) is 6.92 Å². The lowest BCUT2D eigenvalue weighted by Gasteiger charge is -2.37. The minimum Gasteiger partial charge on any atom is -0.489 e. The molecule has 39 heavy (non-hydrogen) atoms. The molecule has 10 nitrogen and oxygen atoms in total. The van der Waals surface area contributed by atoms with E-state index < -0.39 is 0 Å². The Morgan fingerprint density at radius 3 is 2.85 bits per heavy atom. The highest BCUT2D eigenvalue weighted by Gasteiger charge is 2.34. The van der Waals surface area contributed by atoms with E-state index in [0.717, 1.165) is 62.7 Å². The Bertz CT molecular complexity index is 1560. The topological polar surface area (TPSA) is 130 Å². The van der Waals surface area contributed by atoms with Crippen molar-refractivity contribution in [3.05, 3.63) is 68.5 Å². The van der Waals surface area contributed by atoms with Gasteiger partial charge in [0, 0.05) is 58.0 Å². The van der Waals surface area contributed by atoms with Crippen LogP contribution in [0.25, 0.3) is 21.3 Å². The van der Waals surface area contributed by atoms with E-state index in [2.05, 4.69) is 20.3 Å². The summed E-state index contributed by atoms with van der Waals surface area (Å²) in [7, 11) is 0. The van der Waals surface area contributed by atoms with Crippen LogP contribution in [0.5, 0.6) is 5.75 Å². The van der Waals surface area contributed by atoms with E-state index in [1.54, 1.807) is 23.6 Å². The van der Waals surface area contributed by atoms with Crippen molar-refractivity contribution < 1.29 is 19.7 Å². The zero-order chi connectivity index (χ0) is 27.5. The van der Waals surface area contributed by atoms with E-state index in [1.807, 2.05) is 37.4 Å². The SMILES string of the molecule is Cc1cnn(Cc2cc3nccc(-c4cc(Cl)cc5c4N([C@@H]4CN[C@@H](CO)C4)CCO5)c3s2)c(=O)c1.O=CO. The van der Waals surface area contributed by atoms with Gasteiger partial charge in [0.05, 0.1) is 41.8 Å². The van der Waals surface area contributed by atoms with Gasteiger partial charge in [-0.25, -0.2) is 4.68 Å². The van der Waals surface area contributed by atoms with Crippen LogP contribution in [-0.4, -0.2) is 69.8 Å². The van der Waals surface area contributed by atoms with E-state index in [0.29, 0.717) is 18.2 Å². The van der Waals surface area contributed by atoms with Crippen molar-refractivity contribution in [1.82, 2.24) is 20.1 Å². The number of anilines is 1. The predicted molar refractivity (Wildman–Crippen MR) is 151 cm³/mol. The molecule has 5 heterocycles. The maximum Gasteiger partial charge on any atom is 0.290 e. The third kappa shape index (κ3) is 5.62. The number of nitrogens with zero attached hydrogens (tertiary/aromatic N) is 4. The molecule has 1 fully saturated rings. The molecule has 4 aromatic rings. The number of hydrogen-bond acceptors (Lipinski definition) is 9. The largest absolute Gasteiger partial charge is 0.489 e. The molecule has 1 saturated heterocycles. The molecule has 2 aliphatic rings. The number of fused-ring (bicyclic) bond motifs is 2. The summed E-state index contributed by atoms with van der Waals surface area (Å²) < 4.78 is 8.57. The van der Waals surface area contributed by atoms with Gasteiger partial charge in [-0.1, -0.05) is 11.6 Å². The summed E-state index contributed by atoms with van der Waals surface area (Å²) in [5.74, 6) is 0.772. The third-order valence-electron chi connectivity index (χ3n) is 6.84. The molecule has 1 aromatic carbocycles. The van der Waals surface area contributed by atoms with Gasteiger partial charge in [0.2, 0.25) is 0 Å². The Morgan fingerprint density at radius 2 is 2.10 bits per heavy atom. The highest BCUT2D eigenvalue weighted by molar-refractivity contribution is 7.19. The molecule has 3 N–H and O–H groups in total. The van der Waals surface area contributed by atoms with Gasteiger partial charge in [-0.05, 0) is 37.1 Å². The number of rotatable bonds is 5. The van der Waals surface area contributed by atoms with Gasteiger partial charge in [-0.2, -0.15) is 5.10 Å². The zero-order valence-electron chi connectivity index (χ0n) is 21.2. The van der Waals surface area contributed by atoms with Crippen LogP contribution in [0.3, 0.4) is 0 Å². The van der Waals surface area contributed by atoms with E-state index in [1.165, 1.54) is 4.68 Å². The van der Waals surface area contributed by atoms with Crippen LogP contribution in [-0.2, 0) is 11.3 Å². The fraction of sp³-hybridized carbons (Fsp3) is 0.333. The van der Waals surface area contributed by atoms with Crippen molar-refractivity contribution in [2.24, 2.45) is 0 Å². The van der Waals surface area contributed by atoms with Crippen LogP contribution in [0.4, 0.5) is 5.69 Å². The van der Waals surface area contributed by atoms with Crippen LogP contribution < -0.4 is 20.5 Å². The van der Waals surface area contributed by atoms with Crippen molar-refractivity contribution in [3.8, 4) is 16.9 Å². The highest BCUT2D eigenvalue weighted by Crippen LogP contribution is 2.47. The van der Waals surface area contributed by atoms with Crippen molar-refractivity contribution >= 4 is 45.3 Å². The van der Waals surface area contributed by atoms with Gasteiger partial charge in [0.25, 0.3) is 12.0 Å². The smallest absolute Gasteiger partial charge is 0.290 e. The first-order valence-electron chi connectivity index (χ1n) is 12.5. The summed E-state index contributed by atoms with van der Waals surface area (Å²) in [5.41, 5.74) is 4.64. The zero-order valence-corrected chi connectivity index (χ0v) is 22.8. The number of benzene rings is 1. The number of aromatic nitrogens is 3. The maximum atomic E-state index is 12.4. The Labute approximate surface area is 233 Å².